The second kappa shape index (κ2) is 12.4. The smallest absolute Gasteiger partial charge is 0.335 e. The van der Waals surface area contributed by atoms with Crippen molar-refractivity contribution in [1.29, 1.82) is 0 Å². The van der Waals surface area contributed by atoms with Crippen LogP contribution >= 0.6 is 0 Å². The molecule has 5 fully saturated rings. The number of fused-ring (bicyclic) bond motifs is 7. The van der Waals surface area contributed by atoms with E-state index in [1.807, 2.05) is 12.1 Å². The summed E-state index contributed by atoms with van der Waals surface area (Å²) >= 11 is 0. The molecule has 4 saturated carbocycles. The van der Waals surface area contributed by atoms with Crippen molar-refractivity contribution in [2.24, 2.45) is 45.3 Å². The molecule has 1 aromatic rings. The van der Waals surface area contributed by atoms with E-state index >= 15 is 0 Å². The SMILES string of the molecule is C=C.CC1(C)C(c2ccc(C(=O)O)cc2)=CCC2(C)C1CCC1(C)C2CCC2C3CCCC3(NC(=O)N3CCCNCC3)CC[C@]21C. The highest BCUT2D eigenvalue weighted by Crippen LogP contribution is 2.76. The first-order valence-electron chi connectivity index (χ1n) is 18.7. The third-order valence-electron chi connectivity index (χ3n) is 15.4. The van der Waals surface area contributed by atoms with E-state index in [0.717, 1.165) is 51.9 Å². The molecule has 7 unspecified atom stereocenters. The molecule has 1 aromatic carbocycles. The summed E-state index contributed by atoms with van der Waals surface area (Å²) in [5.74, 6) is 1.69. The molecule has 6 heteroatoms. The van der Waals surface area contributed by atoms with Crippen molar-refractivity contribution in [3.63, 3.8) is 0 Å². The highest BCUT2D eigenvalue weighted by molar-refractivity contribution is 5.88. The lowest BCUT2D eigenvalue weighted by Gasteiger charge is -2.72. The molecule has 0 bridgehead atoms. The number of aromatic carboxylic acids is 1. The predicted molar refractivity (Wildman–Crippen MR) is 191 cm³/mol. The van der Waals surface area contributed by atoms with Gasteiger partial charge in [0.2, 0.25) is 0 Å². The summed E-state index contributed by atoms with van der Waals surface area (Å²) in [6.45, 7) is 22.5. The molecule has 6 aliphatic rings. The fourth-order valence-electron chi connectivity index (χ4n) is 13.0. The summed E-state index contributed by atoms with van der Waals surface area (Å²) < 4.78 is 0. The fourth-order valence-corrected chi connectivity index (χ4v) is 13.0. The average Bonchev–Trinajstić information content (AvgIpc) is 3.26. The van der Waals surface area contributed by atoms with Crippen LogP contribution in [0.4, 0.5) is 4.79 Å². The molecule has 7 rings (SSSR count). The Bertz CT molecular complexity index is 1380. The third-order valence-corrected chi connectivity index (χ3v) is 15.4. The Labute approximate surface area is 284 Å². The quantitative estimate of drug-likeness (QED) is 0.288. The number of carboxylic acids is 1. The summed E-state index contributed by atoms with van der Waals surface area (Å²) in [5, 5.41) is 16.6. The van der Waals surface area contributed by atoms with Gasteiger partial charge in [-0.2, -0.15) is 0 Å². The van der Waals surface area contributed by atoms with Gasteiger partial charge in [0.1, 0.15) is 0 Å². The number of allylic oxidation sites excluding steroid dienone is 2. The molecule has 1 saturated heterocycles. The topological polar surface area (TPSA) is 81.7 Å². The highest BCUT2D eigenvalue weighted by atomic mass is 16.4. The molecular weight excluding hydrogens is 582 g/mol. The summed E-state index contributed by atoms with van der Waals surface area (Å²) in [6.07, 6.45) is 15.8. The van der Waals surface area contributed by atoms with Crippen LogP contribution in [0.15, 0.2) is 43.5 Å². The van der Waals surface area contributed by atoms with Crippen LogP contribution < -0.4 is 10.6 Å². The average molecular weight is 644 g/mol. The van der Waals surface area contributed by atoms with Crippen LogP contribution in [-0.2, 0) is 0 Å². The standard InChI is InChI=1S/C39H57N3O3.C2H4/c1-35(2)28(26-9-11-27(12-10-26)33(43)44)15-18-36(3)31(35)16-19-38(5)32(36)14-13-29-30-8-6-17-39(30,21-20-37(29,38)4)41-34(45)42-24-7-22-40-23-25-42;1-2/h9-12,15,29-32,40H,6-8,13-14,16-25H2,1-5H3,(H,41,45)(H,43,44);1-2H2/t29?,30?,31?,32?,36?,37-,38?,39?;/m1./s1. The first-order valence-corrected chi connectivity index (χ1v) is 18.7. The second-order valence-corrected chi connectivity index (χ2v) is 17.3. The van der Waals surface area contributed by atoms with Crippen LogP contribution in [0.3, 0.4) is 0 Å². The summed E-state index contributed by atoms with van der Waals surface area (Å²) in [6, 6.07) is 7.77. The van der Waals surface area contributed by atoms with Gasteiger partial charge >= 0.3 is 12.0 Å². The van der Waals surface area contributed by atoms with Gasteiger partial charge in [-0.1, -0.05) is 59.2 Å². The van der Waals surface area contributed by atoms with E-state index in [1.54, 1.807) is 12.1 Å². The molecule has 3 N–H and O–H groups in total. The van der Waals surface area contributed by atoms with E-state index in [2.05, 4.69) is 69.4 Å². The summed E-state index contributed by atoms with van der Waals surface area (Å²) in [4.78, 5) is 27.3. The first-order chi connectivity index (χ1) is 22.4. The van der Waals surface area contributed by atoms with Crippen LogP contribution in [0.25, 0.3) is 5.57 Å². The van der Waals surface area contributed by atoms with Gasteiger partial charge in [0.25, 0.3) is 0 Å². The Kier molecular flexibility index (Phi) is 9.02. The number of urea groups is 1. The Morgan fingerprint density at radius 2 is 1.57 bits per heavy atom. The van der Waals surface area contributed by atoms with Crippen LogP contribution in [0.5, 0.6) is 0 Å². The van der Waals surface area contributed by atoms with Crippen molar-refractivity contribution in [2.45, 2.75) is 111 Å². The number of amides is 2. The van der Waals surface area contributed by atoms with Crippen molar-refractivity contribution in [3.05, 3.63) is 54.6 Å². The zero-order chi connectivity index (χ0) is 33.8. The van der Waals surface area contributed by atoms with E-state index in [1.165, 1.54) is 56.1 Å². The van der Waals surface area contributed by atoms with Crippen LogP contribution in [0.2, 0.25) is 0 Å². The van der Waals surface area contributed by atoms with E-state index in [-0.39, 0.29) is 22.4 Å². The van der Waals surface area contributed by atoms with Crippen molar-refractivity contribution in [1.82, 2.24) is 15.5 Å². The molecule has 1 heterocycles. The van der Waals surface area contributed by atoms with Gasteiger partial charge in [-0.3, -0.25) is 0 Å². The minimum Gasteiger partial charge on any atom is -0.478 e. The number of rotatable bonds is 3. The number of nitrogens with one attached hydrogen (secondary N) is 2. The maximum atomic E-state index is 13.7. The van der Waals surface area contributed by atoms with E-state index in [9.17, 15) is 14.7 Å². The fraction of sp³-hybridized carbons (Fsp3) is 0.707. The maximum Gasteiger partial charge on any atom is 0.335 e. The molecular formula is C41H61N3O3. The lowest BCUT2D eigenvalue weighted by molar-refractivity contribution is -0.216. The van der Waals surface area contributed by atoms with Gasteiger partial charge in [0, 0.05) is 25.2 Å². The number of hydrogen-bond donors (Lipinski definition) is 3. The third kappa shape index (κ3) is 5.22. The number of hydrogen-bond acceptors (Lipinski definition) is 3. The van der Waals surface area contributed by atoms with E-state index < -0.39 is 5.97 Å². The molecule has 258 valence electrons. The van der Waals surface area contributed by atoms with Crippen LogP contribution in [0, 0.1) is 45.3 Å². The first kappa shape index (κ1) is 34.3. The van der Waals surface area contributed by atoms with Gasteiger partial charge in [-0.15, -0.1) is 13.2 Å². The molecule has 6 nitrogen and oxygen atoms in total. The monoisotopic (exact) mass is 643 g/mol. The van der Waals surface area contributed by atoms with Gasteiger partial charge in [-0.25, -0.2) is 9.59 Å². The van der Waals surface area contributed by atoms with Crippen molar-refractivity contribution in [3.8, 4) is 0 Å². The number of benzene rings is 1. The largest absolute Gasteiger partial charge is 0.478 e. The molecule has 2 amide bonds. The summed E-state index contributed by atoms with van der Waals surface area (Å²) in [5.41, 5.74) is 3.77. The van der Waals surface area contributed by atoms with Gasteiger partial charge in [0.05, 0.1) is 5.56 Å². The molecule has 5 aliphatic carbocycles. The number of carbonyl (C=O) groups excluding carboxylic acids is 1. The second-order valence-electron chi connectivity index (χ2n) is 17.3. The molecule has 8 atom stereocenters. The Morgan fingerprint density at radius 3 is 2.30 bits per heavy atom. The highest BCUT2D eigenvalue weighted by Gasteiger charge is 2.69. The van der Waals surface area contributed by atoms with Crippen molar-refractivity contribution in [2.75, 3.05) is 26.2 Å². The normalized spacial score (nSPS) is 40.5. The van der Waals surface area contributed by atoms with Crippen molar-refractivity contribution < 1.29 is 14.7 Å². The van der Waals surface area contributed by atoms with E-state index in [4.69, 9.17) is 0 Å². The zero-order valence-electron chi connectivity index (χ0n) is 29.9. The van der Waals surface area contributed by atoms with Gasteiger partial charge in [-0.05, 0) is 139 Å². The van der Waals surface area contributed by atoms with Crippen molar-refractivity contribution >= 4 is 17.6 Å². The lowest BCUT2D eigenvalue weighted by Crippen LogP contribution is -2.68. The zero-order valence-corrected chi connectivity index (χ0v) is 29.9. The van der Waals surface area contributed by atoms with Gasteiger partial charge in [0.15, 0.2) is 0 Å². The minimum atomic E-state index is -0.864. The molecule has 1 aliphatic heterocycles. The molecule has 0 radical (unpaired) electrons. The number of nitrogens with zero attached hydrogens (tertiary/aromatic N) is 1. The predicted octanol–water partition coefficient (Wildman–Crippen LogP) is 8.79. The van der Waals surface area contributed by atoms with Crippen LogP contribution in [0.1, 0.15) is 121 Å². The number of carboxylic acid groups (broad SMARTS) is 1. The number of carbonyl (C=O) groups is 2. The minimum absolute atomic E-state index is 0.0219. The summed E-state index contributed by atoms with van der Waals surface area (Å²) in [7, 11) is 0. The van der Waals surface area contributed by atoms with Gasteiger partial charge < -0.3 is 20.6 Å². The Hall–Kier alpha value is -2.60. The maximum absolute atomic E-state index is 13.7. The molecule has 0 spiro atoms. The molecule has 47 heavy (non-hydrogen) atoms. The van der Waals surface area contributed by atoms with Crippen LogP contribution in [-0.4, -0.2) is 53.7 Å². The lowest BCUT2D eigenvalue weighted by atomic mass is 9.33. The Balaban J connectivity index is 0.00000190. The Morgan fingerprint density at radius 1 is 0.830 bits per heavy atom. The molecule has 0 aromatic heterocycles. The van der Waals surface area contributed by atoms with E-state index in [0.29, 0.717) is 40.1 Å².